The van der Waals surface area contributed by atoms with Gasteiger partial charge in [-0.15, -0.1) is 0 Å². The van der Waals surface area contributed by atoms with Crippen LogP contribution in [0.15, 0.2) is 0 Å². The lowest BCUT2D eigenvalue weighted by Gasteiger charge is -2.16. The van der Waals surface area contributed by atoms with E-state index in [-0.39, 0.29) is 6.03 Å². The quantitative estimate of drug-likeness (QED) is 0.711. The molecule has 3 nitrogen and oxygen atoms in total. The van der Waals surface area contributed by atoms with E-state index in [1.54, 1.807) is 11.8 Å². The molecule has 1 rings (SSSR count). The van der Waals surface area contributed by atoms with E-state index in [1.165, 1.54) is 12.8 Å². The molecule has 2 N–H and O–H groups in total. The maximum atomic E-state index is 11.4. The first-order valence-corrected chi connectivity index (χ1v) is 6.69. The summed E-state index contributed by atoms with van der Waals surface area (Å²) < 4.78 is 0. The van der Waals surface area contributed by atoms with Crippen LogP contribution in [-0.4, -0.2) is 30.6 Å². The van der Waals surface area contributed by atoms with Crippen LogP contribution in [0.4, 0.5) is 4.79 Å². The van der Waals surface area contributed by atoms with Gasteiger partial charge < -0.3 is 10.6 Å². The van der Waals surface area contributed by atoms with Crippen molar-refractivity contribution in [2.45, 2.75) is 32.2 Å². The minimum Gasteiger partial charge on any atom is -0.338 e. The molecular weight excluding hydrogens is 196 g/mol. The van der Waals surface area contributed by atoms with Crippen molar-refractivity contribution >= 4 is 17.8 Å². The largest absolute Gasteiger partial charge is 0.338 e. The Morgan fingerprint density at radius 3 is 2.79 bits per heavy atom. The van der Waals surface area contributed by atoms with Gasteiger partial charge in [-0.05, 0) is 31.4 Å². The predicted octanol–water partition coefficient (Wildman–Crippen LogP) is 1.84. The molecule has 0 aromatic rings. The van der Waals surface area contributed by atoms with Gasteiger partial charge in [-0.1, -0.05) is 6.92 Å². The molecule has 82 valence electrons. The molecule has 1 saturated carbocycles. The summed E-state index contributed by atoms with van der Waals surface area (Å²) in [5, 5.41) is 5.89. The maximum Gasteiger partial charge on any atom is 0.315 e. The molecule has 2 amide bonds. The second-order valence-electron chi connectivity index (χ2n) is 3.86. The maximum absolute atomic E-state index is 11.4. The standard InChI is InChI=1S/C10H20N2OS/c1-3-9(7-14-2)12-10(13)11-6-8-4-5-8/h8-9H,3-7H2,1-2H3,(H2,11,12,13). The zero-order valence-corrected chi connectivity index (χ0v) is 9.82. The lowest BCUT2D eigenvalue weighted by atomic mass is 10.3. The van der Waals surface area contributed by atoms with E-state index >= 15 is 0 Å². The summed E-state index contributed by atoms with van der Waals surface area (Å²) in [6.45, 7) is 2.95. The van der Waals surface area contributed by atoms with E-state index in [0.29, 0.717) is 6.04 Å². The van der Waals surface area contributed by atoms with Crippen LogP contribution in [-0.2, 0) is 0 Å². The first-order chi connectivity index (χ1) is 6.76. The van der Waals surface area contributed by atoms with Gasteiger partial charge in [0.15, 0.2) is 0 Å². The van der Waals surface area contributed by atoms with Gasteiger partial charge in [0.25, 0.3) is 0 Å². The number of thioether (sulfide) groups is 1. The smallest absolute Gasteiger partial charge is 0.315 e. The van der Waals surface area contributed by atoms with Crippen molar-refractivity contribution in [2.24, 2.45) is 5.92 Å². The molecule has 0 spiro atoms. The van der Waals surface area contributed by atoms with Gasteiger partial charge in [-0.2, -0.15) is 11.8 Å². The Bertz CT molecular complexity index is 183. The normalized spacial score (nSPS) is 17.6. The number of carbonyl (C=O) groups is 1. The van der Waals surface area contributed by atoms with Gasteiger partial charge >= 0.3 is 6.03 Å². The Hall–Kier alpha value is -0.380. The zero-order valence-electron chi connectivity index (χ0n) is 9.01. The molecular formula is C10H20N2OS. The number of nitrogens with one attached hydrogen (secondary N) is 2. The van der Waals surface area contributed by atoms with Crippen molar-refractivity contribution in [3.63, 3.8) is 0 Å². The Labute approximate surface area is 90.4 Å². The second-order valence-corrected chi connectivity index (χ2v) is 4.77. The molecule has 4 heteroatoms. The third-order valence-electron chi connectivity index (χ3n) is 2.44. The highest BCUT2D eigenvalue weighted by Gasteiger charge is 2.21. The molecule has 1 unspecified atom stereocenters. The zero-order chi connectivity index (χ0) is 10.4. The van der Waals surface area contributed by atoms with Gasteiger partial charge in [0.2, 0.25) is 0 Å². The molecule has 1 atom stereocenters. The van der Waals surface area contributed by atoms with Crippen LogP contribution in [0, 0.1) is 5.92 Å². The van der Waals surface area contributed by atoms with Crippen LogP contribution < -0.4 is 10.6 Å². The van der Waals surface area contributed by atoms with Crippen molar-refractivity contribution in [1.82, 2.24) is 10.6 Å². The molecule has 1 aliphatic rings. The topological polar surface area (TPSA) is 41.1 Å². The first kappa shape index (κ1) is 11.7. The third-order valence-corrected chi connectivity index (χ3v) is 3.18. The molecule has 14 heavy (non-hydrogen) atoms. The Balaban J connectivity index is 2.09. The molecule has 1 aliphatic carbocycles. The summed E-state index contributed by atoms with van der Waals surface area (Å²) in [6.07, 6.45) is 5.62. The molecule has 0 heterocycles. The summed E-state index contributed by atoms with van der Waals surface area (Å²) in [6, 6.07) is 0.307. The minimum absolute atomic E-state index is 0.00204. The molecule has 1 fully saturated rings. The SMILES string of the molecule is CCC(CSC)NC(=O)NCC1CC1. The number of rotatable bonds is 6. The Morgan fingerprint density at radius 2 is 2.29 bits per heavy atom. The average molecular weight is 216 g/mol. The van der Waals surface area contributed by atoms with Crippen molar-refractivity contribution in [3.05, 3.63) is 0 Å². The Kier molecular flexibility index (Phi) is 5.15. The summed E-state index contributed by atoms with van der Waals surface area (Å²) >= 11 is 1.77. The molecule has 0 saturated heterocycles. The highest BCUT2D eigenvalue weighted by atomic mass is 32.2. The number of urea groups is 1. The summed E-state index contributed by atoms with van der Waals surface area (Å²) in [5.74, 6) is 1.74. The van der Waals surface area contributed by atoms with Crippen molar-refractivity contribution in [3.8, 4) is 0 Å². The van der Waals surface area contributed by atoms with Crippen molar-refractivity contribution in [1.29, 1.82) is 0 Å². The summed E-state index contributed by atoms with van der Waals surface area (Å²) in [7, 11) is 0. The van der Waals surface area contributed by atoms with E-state index < -0.39 is 0 Å². The summed E-state index contributed by atoms with van der Waals surface area (Å²) in [4.78, 5) is 11.4. The van der Waals surface area contributed by atoms with E-state index in [4.69, 9.17) is 0 Å². The lowest BCUT2D eigenvalue weighted by Crippen LogP contribution is -2.43. The highest BCUT2D eigenvalue weighted by Crippen LogP contribution is 2.27. The number of carbonyl (C=O) groups excluding carboxylic acids is 1. The van der Waals surface area contributed by atoms with E-state index in [9.17, 15) is 4.79 Å². The van der Waals surface area contributed by atoms with E-state index in [0.717, 1.165) is 24.6 Å². The van der Waals surface area contributed by atoms with Gasteiger partial charge in [0, 0.05) is 18.3 Å². The van der Waals surface area contributed by atoms with Gasteiger partial charge in [0.05, 0.1) is 0 Å². The van der Waals surface area contributed by atoms with Crippen LogP contribution in [0.2, 0.25) is 0 Å². The number of hydrogen-bond donors (Lipinski definition) is 2. The molecule has 0 aromatic heterocycles. The fourth-order valence-electron chi connectivity index (χ4n) is 1.26. The Morgan fingerprint density at radius 1 is 1.57 bits per heavy atom. The van der Waals surface area contributed by atoms with Crippen molar-refractivity contribution < 1.29 is 4.79 Å². The van der Waals surface area contributed by atoms with Gasteiger partial charge in [-0.3, -0.25) is 0 Å². The fourth-order valence-corrected chi connectivity index (χ4v) is 1.98. The molecule has 0 aliphatic heterocycles. The number of hydrogen-bond acceptors (Lipinski definition) is 2. The second kappa shape index (κ2) is 6.17. The van der Waals surface area contributed by atoms with Crippen LogP contribution in [0.3, 0.4) is 0 Å². The molecule has 0 radical (unpaired) electrons. The summed E-state index contributed by atoms with van der Waals surface area (Å²) in [5.41, 5.74) is 0. The predicted molar refractivity (Wildman–Crippen MR) is 61.7 cm³/mol. The van der Waals surface area contributed by atoms with Crippen LogP contribution in [0.25, 0.3) is 0 Å². The van der Waals surface area contributed by atoms with Crippen LogP contribution in [0.5, 0.6) is 0 Å². The average Bonchev–Trinajstić information content (AvgIpc) is 2.97. The molecule has 0 aromatic carbocycles. The first-order valence-electron chi connectivity index (χ1n) is 5.29. The molecule has 0 bridgehead atoms. The monoisotopic (exact) mass is 216 g/mol. The van der Waals surface area contributed by atoms with E-state index in [2.05, 4.69) is 23.8 Å². The van der Waals surface area contributed by atoms with Gasteiger partial charge in [0.1, 0.15) is 0 Å². The highest BCUT2D eigenvalue weighted by molar-refractivity contribution is 7.98. The number of amides is 2. The lowest BCUT2D eigenvalue weighted by molar-refractivity contribution is 0.237. The van der Waals surface area contributed by atoms with E-state index in [1.807, 2.05) is 0 Å². The van der Waals surface area contributed by atoms with Crippen molar-refractivity contribution in [2.75, 3.05) is 18.6 Å². The minimum atomic E-state index is -0.00204. The fraction of sp³-hybridized carbons (Fsp3) is 0.900. The van der Waals surface area contributed by atoms with Crippen LogP contribution >= 0.6 is 11.8 Å². The van der Waals surface area contributed by atoms with Gasteiger partial charge in [-0.25, -0.2) is 4.79 Å². The van der Waals surface area contributed by atoms with Crippen LogP contribution in [0.1, 0.15) is 26.2 Å². The third kappa shape index (κ3) is 4.74.